The van der Waals surface area contributed by atoms with Crippen molar-refractivity contribution < 1.29 is 0 Å². The topological polar surface area (TPSA) is 32.9 Å². The van der Waals surface area contributed by atoms with Crippen LogP contribution in [0.1, 0.15) is 11.1 Å². The molecule has 4 nitrogen and oxygen atoms in total. The highest BCUT2D eigenvalue weighted by Gasteiger charge is 2.30. The molecule has 3 heterocycles. The molecular formula is C21H18N4. The van der Waals surface area contributed by atoms with E-state index >= 15 is 0 Å². The Morgan fingerprint density at radius 1 is 0.960 bits per heavy atom. The van der Waals surface area contributed by atoms with Crippen molar-refractivity contribution in [3.8, 4) is 16.8 Å². The molecule has 3 aromatic rings. The van der Waals surface area contributed by atoms with E-state index in [1.165, 1.54) is 16.7 Å². The van der Waals surface area contributed by atoms with Crippen molar-refractivity contribution in [3.05, 3.63) is 71.9 Å². The van der Waals surface area contributed by atoms with E-state index in [2.05, 4.69) is 71.1 Å². The zero-order chi connectivity index (χ0) is 16.8. The molecule has 2 aromatic carbocycles. The summed E-state index contributed by atoms with van der Waals surface area (Å²) in [5, 5.41) is 0. The van der Waals surface area contributed by atoms with Crippen molar-refractivity contribution in [2.75, 3.05) is 13.1 Å². The minimum atomic E-state index is 0.824. The van der Waals surface area contributed by atoms with Gasteiger partial charge in [-0.2, -0.15) is 0 Å². The number of aryl methyl sites for hydroxylation is 1. The molecule has 25 heavy (non-hydrogen) atoms. The van der Waals surface area contributed by atoms with Crippen molar-refractivity contribution in [1.82, 2.24) is 9.47 Å². The van der Waals surface area contributed by atoms with Crippen molar-refractivity contribution in [2.45, 2.75) is 6.92 Å². The van der Waals surface area contributed by atoms with Crippen LogP contribution in [0, 0.1) is 6.92 Å². The molecule has 5 rings (SSSR count). The van der Waals surface area contributed by atoms with Gasteiger partial charge in [-0.3, -0.25) is 4.99 Å². The number of hydrogen-bond donors (Lipinski definition) is 0. The maximum atomic E-state index is 4.76. The van der Waals surface area contributed by atoms with Crippen LogP contribution in [0.25, 0.3) is 16.8 Å². The van der Waals surface area contributed by atoms with E-state index in [9.17, 15) is 0 Å². The minimum Gasteiger partial charge on any atom is -0.315 e. The first kappa shape index (κ1) is 14.2. The highest BCUT2D eigenvalue weighted by atomic mass is 15.3. The monoisotopic (exact) mass is 326 g/mol. The Kier molecular flexibility index (Phi) is 3.10. The fourth-order valence-electron chi connectivity index (χ4n) is 3.50. The second-order valence-electron chi connectivity index (χ2n) is 6.46. The van der Waals surface area contributed by atoms with Crippen LogP contribution in [0.5, 0.6) is 0 Å². The molecule has 0 radical (unpaired) electrons. The van der Waals surface area contributed by atoms with Gasteiger partial charge in [-0.25, -0.2) is 4.99 Å². The van der Waals surface area contributed by atoms with Gasteiger partial charge >= 0.3 is 0 Å². The summed E-state index contributed by atoms with van der Waals surface area (Å²) in [6.07, 6.45) is 4.10. The largest absolute Gasteiger partial charge is 0.315 e. The molecule has 0 aliphatic carbocycles. The van der Waals surface area contributed by atoms with Crippen molar-refractivity contribution in [3.63, 3.8) is 0 Å². The lowest BCUT2D eigenvalue weighted by atomic mass is 10.0. The van der Waals surface area contributed by atoms with E-state index in [4.69, 9.17) is 9.98 Å². The van der Waals surface area contributed by atoms with Crippen LogP contribution in [-0.4, -0.2) is 34.7 Å². The van der Waals surface area contributed by atoms with Crippen LogP contribution in [0.2, 0.25) is 0 Å². The molecule has 1 aromatic heterocycles. The Balaban J connectivity index is 1.78. The fourth-order valence-corrected chi connectivity index (χ4v) is 3.50. The average molecular weight is 326 g/mol. The molecular weight excluding hydrogens is 308 g/mol. The first-order valence-electron chi connectivity index (χ1n) is 8.55. The van der Waals surface area contributed by atoms with Gasteiger partial charge in [-0.05, 0) is 24.6 Å². The average Bonchev–Trinajstić information content (AvgIpc) is 3.27. The second-order valence-corrected chi connectivity index (χ2v) is 6.46. The van der Waals surface area contributed by atoms with Gasteiger partial charge in [0, 0.05) is 24.0 Å². The number of hydrogen-bond acceptors (Lipinski definition) is 3. The van der Waals surface area contributed by atoms with Gasteiger partial charge in [0.05, 0.1) is 18.4 Å². The van der Waals surface area contributed by atoms with Crippen LogP contribution in [-0.2, 0) is 0 Å². The lowest BCUT2D eigenvalue weighted by Gasteiger charge is -2.20. The number of nitrogens with zero attached hydrogens (tertiary/aromatic N) is 4. The Hall–Kier alpha value is -3.14. The predicted molar refractivity (Wildman–Crippen MR) is 102 cm³/mol. The van der Waals surface area contributed by atoms with Crippen LogP contribution in [0.3, 0.4) is 0 Å². The number of aliphatic imine (C=N–C) groups is 2. The first-order chi connectivity index (χ1) is 12.3. The summed E-state index contributed by atoms with van der Waals surface area (Å²) in [5.41, 5.74) is 5.87. The third-order valence-electron chi connectivity index (χ3n) is 4.79. The Morgan fingerprint density at radius 2 is 1.76 bits per heavy atom. The first-order valence-corrected chi connectivity index (χ1v) is 8.55. The zero-order valence-corrected chi connectivity index (χ0v) is 14.1. The maximum absolute atomic E-state index is 4.76. The minimum absolute atomic E-state index is 0.824. The molecule has 4 heteroatoms. The quantitative estimate of drug-likeness (QED) is 0.695. The van der Waals surface area contributed by atoms with E-state index in [0.29, 0.717) is 0 Å². The number of benzene rings is 2. The SMILES string of the molecule is Cc1ccc(-n2cc(-c3ccccc3)c3c2N=CN2CCN=C32)cc1. The molecule has 0 N–H and O–H groups in total. The number of fused-ring (bicyclic) bond motifs is 3. The molecule has 0 unspecified atom stereocenters. The molecule has 0 amide bonds. The summed E-state index contributed by atoms with van der Waals surface area (Å²) in [4.78, 5) is 11.7. The molecule has 0 bridgehead atoms. The van der Waals surface area contributed by atoms with Gasteiger partial charge in [0.25, 0.3) is 0 Å². The molecule has 0 saturated heterocycles. The third-order valence-corrected chi connectivity index (χ3v) is 4.79. The van der Waals surface area contributed by atoms with Crippen LogP contribution >= 0.6 is 0 Å². The third kappa shape index (κ3) is 2.22. The van der Waals surface area contributed by atoms with Gasteiger partial charge in [-0.1, -0.05) is 48.0 Å². The fraction of sp³-hybridized carbons (Fsp3) is 0.143. The van der Waals surface area contributed by atoms with Crippen LogP contribution in [0.4, 0.5) is 5.82 Å². The van der Waals surface area contributed by atoms with Gasteiger partial charge in [-0.15, -0.1) is 0 Å². The lowest BCUT2D eigenvalue weighted by molar-refractivity contribution is 0.679. The smallest absolute Gasteiger partial charge is 0.150 e. The van der Waals surface area contributed by atoms with Gasteiger partial charge in [0.2, 0.25) is 0 Å². The molecule has 0 spiro atoms. The van der Waals surface area contributed by atoms with E-state index < -0.39 is 0 Å². The summed E-state index contributed by atoms with van der Waals surface area (Å²) in [6.45, 7) is 3.83. The lowest BCUT2D eigenvalue weighted by Crippen LogP contribution is -2.29. The van der Waals surface area contributed by atoms with E-state index in [-0.39, 0.29) is 0 Å². The van der Waals surface area contributed by atoms with Crippen LogP contribution < -0.4 is 0 Å². The van der Waals surface area contributed by atoms with Gasteiger partial charge < -0.3 is 9.47 Å². The number of aromatic nitrogens is 1. The maximum Gasteiger partial charge on any atom is 0.150 e. The van der Waals surface area contributed by atoms with E-state index in [1.807, 2.05) is 12.4 Å². The Bertz CT molecular complexity index is 994. The molecule has 0 atom stereocenters. The number of amidine groups is 1. The van der Waals surface area contributed by atoms with E-state index in [1.54, 1.807) is 0 Å². The van der Waals surface area contributed by atoms with Crippen LogP contribution in [0.15, 0.2) is 70.8 Å². The summed E-state index contributed by atoms with van der Waals surface area (Å²) < 4.78 is 2.17. The predicted octanol–water partition coefficient (Wildman–Crippen LogP) is 4.19. The molecule has 2 aliphatic heterocycles. The van der Waals surface area contributed by atoms with Gasteiger partial charge in [0.15, 0.2) is 5.82 Å². The van der Waals surface area contributed by atoms with E-state index in [0.717, 1.165) is 36.0 Å². The highest BCUT2D eigenvalue weighted by molar-refractivity contribution is 6.15. The van der Waals surface area contributed by atoms with Crippen molar-refractivity contribution in [1.29, 1.82) is 0 Å². The summed E-state index contributed by atoms with van der Waals surface area (Å²) in [5.74, 6) is 1.99. The van der Waals surface area contributed by atoms with Gasteiger partial charge in [0.1, 0.15) is 5.84 Å². The molecule has 122 valence electrons. The molecule has 0 saturated carbocycles. The Labute approximate surface area is 146 Å². The normalized spacial score (nSPS) is 15.1. The standard InChI is InChI=1S/C21H18N4/c1-15-7-9-17(10-8-15)25-13-18(16-5-3-2-4-6-16)19-20-22-11-12-24(20)14-23-21(19)25/h2-10,13-14H,11-12H2,1H3. The zero-order valence-electron chi connectivity index (χ0n) is 14.1. The summed E-state index contributed by atoms with van der Waals surface area (Å²) in [6, 6.07) is 19.0. The summed E-state index contributed by atoms with van der Waals surface area (Å²) >= 11 is 0. The highest BCUT2D eigenvalue weighted by Crippen LogP contribution is 2.39. The van der Waals surface area contributed by atoms with Crippen molar-refractivity contribution >= 4 is 18.0 Å². The second kappa shape index (κ2) is 5.45. The summed E-state index contributed by atoms with van der Waals surface area (Å²) in [7, 11) is 0. The number of rotatable bonds is 2. The van der Waals surface area contributed by atoms with Crippen molar-refractivity contribution in [2.24, 2.45) is 9.98 Å². The Morgan fingerprint density at radius 3 is 2.56 bits per heavy atom. The molecule has 2 aliphatic rings. The molecule has 0 fully saturated rings.